The molecule has 0 aromatic carbocycles. The predicted octanol–water partition coefficient (Wildman–Crippen LogP) is 1.97. The topological polar surface area (TPSA) is 35.2 Å². The Kier molecular flexibility index (Phi) is 2.37. The zero-order chi connectivity index (χ0) is 8.55. The number of ether oxygens (including phenoxy) is 1. The highest BCUT2D eigenvalue weighted by molar-refractivity contribution is 7.10. The van der Waals surface area contributed by atoms with Gasteiger partial charge in [-0.3, -0.25) is 0 Å². The normalized spacial score (nSPS) is 22.3. The number of hydrogen-bond donors (Lipinski definition) is 1. The quantitative estimate of drug-likeness (QED) is 0.758. The summed E-state index contributed by atoms with van der Waals surface area (Å²) in [5.74, 6) is 0. The third-order valence-electron chi connectivity index (χ3n) is 2.05. The summed E-state index contributed by atoms with van der Waals surface area (Å²) in [6.45, 7) is 1.29. The van der Waals surface area contributed by atoms with Crippen molar-refractivity contribution in [3.05, 3.63) is 20.8 Å². The Labute approximate surface area is 80.3 Å². The molecule has 2 nitrogen and oxygen atoms in total. The van der Waals surface area contributed by atoms with E-state index in [1.807, 2.05) is 5.38 Å². The van der Waals surface area contributed by atoms with Crippen LogP contribution in [0.25, 0.3) is 0 Å². The van der Waals surface area contributed by atoms with Gasteiger partial charge in [-0.1, -0.05) is 11.6 Å². The molecule has 1 aromatic rings. The number of fused-ring (bicyclic) bond motifs is 1. The van der Waals surface area contributed by atoms with Gasteiger partial charge in [0.15, 0.2) is 0 Å². The Hall–Kier alpha value is -0.0900. The van der Waals surface area contributed by atoms with Gasteiger partial charge in [-0.25, -0.2) is 0 Å². The fraction of sp³-hybridized carbons (Fsp3) is 0.500. The fourth-order valence-corrected chi connectivity index (χ4v) is 2.84. The highest BCUT2D eigenvalue weighted by Gasteiger charge is 2.23. The van der Waals surface area contributed by atoms with Gasteiger partial charge in [0.1, 0.15) is 0 Å². The van der Waals surface area contributed by atoms with Crippen LogP contribution < -0.4 is 5.73 Å². The van der Waals surface area contributed by atoms with E-state index >= 15 is 0 Å². The lowest BCUT2D eigenvalue weighted by atomic mass is 10.1. The Morgan fingerprint density at radius 3 is 3.33 bits per heavy atom. The number of nitrogens with two attached hydrogens (primary N) is 1. The molecule has 4 heteroatoms. The van der Waals surface area contributed by atoms with Crippen LogP contribution in [0, 0.1) is 0 Å². The minimum atomic E-state index is 0.0208. The van der Waals surface area contributed by atoms with E-state index in [2.05, 4.69) is 0 Å². The summed E-state index contributed by atoms with van der Waals surface area (Å²) in [6.07, 6.45) is 0.996. The molecule has 2 rings (SSSR count). The molecule has 0 spiro atoms. The summed E-state index contributed by atoms with van der Waals surface area (Å²) in [5, 5.41) is 2.77. The highest BCUT2D eigenvalue weighted by Crippen LogP contribution is 2.36. The van der Waals surface area contributed by atoms with Crippen LogP contribution in [0.3, 0.4) is 0 Å². The lowest BCUT2D eigenvalue weighted by Gasteiger charge is -2.22. The Bertz CT molecular complexity index is 287. The molecule has 1 aliphatic heterocycles. The van der Waals surface area contributed by atoms with Gasteiger partial charge < -0.3 is 10.5 Å². The van der Waals surface area contributed by atoms with Gasteiger partial charge in [-0.05, 0) is 0 Å². The lowest BCUT2D eigenvalue weighted by Crippen LogP contribution is -2.21. The summed E-state index contributed by atoms with van der Waals surface area (Å²) in [5.41, 5.74) is 6.69. The third-order valence-corrected chi connectivity index (χ3v) is 3.55. The molecular formula is C8H10ClNOS. The molecule has 66 valence electrons. The zero-order valence-electron chi connectivity index (χ0n) is 6.55. The van der Waals surface area contributed by atoms with Crippen molar-refractivity contribution in [3.8, 4) is 0 Å². The molecule has 1 unspecified atom stereocenters. The van der Waals surface area contributed by atoms with Gasteiger partial charge in [0.05, 0.1) is 17.7 Å². The lowest BCUT2D eigenvalue weighted by molar-refractivity contribution is 0.0499. The van der Waals surface area contributed by atoms with Crippen molar-refractivity contribution in [2.24, 2.45) is 5.73 Å². The molecule has 0 amide bonds. The summed E-state index contributed by atoms with van der Waals surface area (Å²) in [4.78, 5) is 1.33. The first-order valence-corrected chi connectivity index (χ1v) is 5.16. The van der Waals surface area contributed by atoms with Crippen LogP contribution in [-0.2, 0) is 11.2 Å². The van der Waals surface area contributed by atoms with Gasteiger partial charge in [-0.15, -0.1) is 11.3 Å². The number of rotatable bonds is 1. The zero-order valence-corrected chi connectivity index (χ0v) is 8.12. The smallest absolute Gasteiger partial charge is 0.0972 e. The second kappa shape index (κ2) is 3.34. The van der Waals surface area contributed by atoms with Crippen LogP contribution >= 0.6 is 22.9 Å². The number of thiophene rings is 1. The first kappa shape index (κ1) is 8.51. The maximum absolute atomic E-state index is 6.01. The Morgan fingerprint density at radius 2 is 2.58 bits per heavy atom. The summed E-state index contributed by atoms with van der Waals surface area (Å²) in [6, 6.07) is 0. The Morgan fingerprint density at radius 1 is 1.75 bits per heavy atom. The largest absolute Gasteiger partial charge is 0.372 e. The molecule has 0 fully saturated rings. The van der Waals surface area contributed by atoms with E-state index in [0.717, 1.165) is 23.6 Å². The Balaban J connectivity index is 2.41. The summed E-state index contributed by atoms with van der Waals surface area (Å²) in [7, 11) is 0. The summed E-state index contributed by atoms with van der Waals surface area (Å²) < 4.78 is 5.49. The fourth-order valence-electron chi connectivity index (χ4n) is 1.47. The van der Waals surface area contributed by atoms with Crippen molar-refractivity contribution in [2.75, 3.05) is 13.2 Å². The molecule has 1 aromatic heterocycles. The molecule has 1 atom stereocenters. The van der Waals surface area contributed by atoms with E-state index in [1.54, 1.807) is 11.3 Å². The summed E-state index contributed by atoms with van der Waals surface area (Å²) >= 11 is 7.71. The first-order chi connectivity index (χ1) is 5.83. The SMILES string of the molecule is NCC1OCCc2scc(Cl)c21. The second-order valence-electron chi connectivity index (χ2n) is 2.77. The molecule has 0 aliphatic carbocycles. The number of hydrogen-bond acceptors (Lipinski definition) is 3. The van der Waals surface area contributed by atoms with Crippen molar-refractivity contribution >= 4 is 22.9 Å². The third kappa shape index (κ3) is 1.27. The van der Waals surface area contributed by atoms with E-state index < -0.39 is 0 Å². The minimum absolute atomic E-state index is 0.0208. The van der Waals surface area contributed by atoms with Gasteiger partial charge in [0.2, 0.25) is 0 Å². The maximum Gasteiger partial charge on any atom is 0.0972 e. The van der Waals surface area contributed by atoms with Gasteiger partial charge in [0.25, 0.3) is 0 Å². The molecule has 0 saturated heterocycles. The molecule has 2 N–H and O–H groups in total. The van der Waals surface area contributed by atoms with Crippen molar-refractivity contribution in [1.82, 2.24) is 0 Å². The standard InChI is InChI=1S/C8H10ClNOS/c9-5-4-12-7-1-2-11-6(3-10)8(5)7/h4,6H,1-3,10H2. The van der Waals surface area contributed by atoms with Crippen molar-refractivity contribution in [3.63, 3.8) is 0 Å². The van der Waals surface area contributed by atoms with Crippen LogP contribution in [0.5, 0.6) is 0 Å². The highest BCUT2D eigenvalue weighted by atomic mass is 35.5. The van der Waals surface area contributed by atoms with E-state index in [4.69, 9.17) is 22.1 Å². The maximum atomic E-state index is 6.01. The first-order valence-electron chi connectivity index (χ1n) is 3.90. The molecular weight excluding hydrogens is 194 g/mol. The molecule has 0 saturated carbocycles. The van der Waals surface area contributed by atoms with Crippen LogP contribution in [0.2, 0.25) is 5.02 Å². The van der Waals surface area contributed by atoms with Gasteiger partial charge >= 0.3 is 0 Å². The molecule has 0 bridgehead atoms. The van der Waals surface area contributed by atoms with Crippen LogP contribution in [0.1, 0.15) is 16.5 Å². The number of halogens is 1. The average molecular weight is 204 g/mol. The predicted molar refractivity (Wildman–Crippen MR) is 50.8 cm³/mol. The van der Waals surface area contributed by atoms with Crippen LogP contribution in [0.15, 0.2) is 5.38 Å². The molecule has 1 aliphatic rings. The van der Waals surface area contributed by atoms with Crippen LogP contribution in [-0.4, -0.2) is 13.2 Å². The van der Waals surface area contributed by atoms with Crippen molar-refractivity contribution in [1.29, 1.82) is 0 Å². The molecule has 0 radical (unpaired) electrons. The second-order valence-corrected chi connectivity index (χ2v) is 4.14. The minimum Gasteiger partial charge on any atom is -0.372 e. The van der Waals surface area contributed by atoms with E-state index in [0.29, 0.717) is 6.54 Å². The molecule has 2 heterocycles. The van der Waals surface area contributed by atoms with E-state index in [1.165, 1.54) is 4.88 Å². The van der Waals surface area contributed by atoms with Gasteiger partial charge in [-0.2, -0.15) is 0 Å². The molecule has 12 heavy (non-hydrogen) atoms. The average Bonchev–Trinajstić information content (AvgIpc) is 2.48. The van der Waals surface area contributed by atoms with Crippen LogP contribution in [0.4, 0.5) is 0 Å². The van der Waals surface area contributed by atoms with Gasteiger partial charge in [0, 0.05) is 28.8 Å². The van der Waals surface area contributed by atoms with E-state index in [-0.39, 0.29) is 6.10 Å². The van der Waals surface area contributed by atoms with Crippen molar-refractivity contribution < 1.29 is 4.74 Å². The monoisotopic (exact) mass is 203 g/mol. The van der Waals surface area contributed by atoms with E-state index in [9.17, 15) is 0 Å². The van der Waals surface area contributed by atoms with Crippen molar-refractivity contribution in [2.45, 2.75) is 12.5 Å².